The number of amides is 1. The normalized spacial score (nSPS) is 24.2. The molecule has 180 valence electrons. The highest BCUT2D eigenvalue weighted by molar-refractivity contribution is 5.73. The molecule has 1 amide bonds. The summed E-state index contributed by atoms with van der Waals surface area (Å²) in [6.45, 7) is 8.29. The molecule has 1 aliphatic rings. The number of rotatable bonds is 9. The number of para-hydroxylation sites is 1. The molecule has 0 spiro atoms. The Hall–Kier alpha value is -3.40. The maximum atomic E-state index is 12.0. The van der Waals surface area contributed by atoms with Crippen molar-refractivity contribution in [3.05, 3.63) is 42.5 Å². The van der Waals surface area contributed by atoms with Crippen molar-refractivity contribution in [1.29, 1.82) is 0 Å². The lowest BCUT2D eigenvalue weighted by Crippen LogP contribution is -2.67. The molecule has 0 bridgehead atoms. The van der Waals surface area contributed by atoms with E-state index >= 15 is 0 Å². The summed E-state index contributed by atoms with van der Waals surface area (Å²) in [5, 5.41) is 2.66. The lowest BCUT2D eigenvalue weighted by Gasteiger charge is -2.44. The van der Waals surface area contributed by atoms with E-state index in [0.717, 1.165) is 5.56 Å². The van der Waals surface area contributed by atoms with Crippen LogP contribution in [0.3, 0.4) is 0 Å². The number of carbonyl (C=O) groups is 4. The highest BCUT2D eigenvalue weighted by atomic mass is 16.7. The predicted molar refractivity (Wildman–Crippen MR) is 115 cm³/mol. The zero-order valence-corrected chi connectivity index (χ0v) is 19.1. The van der Waals surface area contributed by atoms with Crippen LogP contribution >= 0.6 is 0 Å². The fourth-order valence-corrected chi connectivity index (χ4v) is 3.46. The average Bonchev–Trinajstić information content (AvgIpc) is 2.71. The second-order valence-corrected chi connectivity index (χ2v) is 7.44. The Balaban J connectivity index is 2.49. The SMILES string of the molecule is C=CCc1ccccc1O[C@H]1O[C@H](COC(C)=O)[C@@H](OC(C)=O)[C@@H](OC(C)=O)[C@@H]1NC(C)=O. The van der Waals surface area contributed by atoms with Gasteiger partial charge in [0.2, 0.25) is 12.2 Å². The summed E-state index contributed by atoms with van der Waals surface area (Å²) in [5.41, 5.74) is 0.806. The summed E-state index contributed by atoms with van der Waals surface area (Å²) in [6.07, 6.45) is -2.35. The molecule has 0 aliphatic carbocycles. The van der Waals surface area contributed by atoms with Crippen LogP contribution in [0.2, 0.25) is 0 Å². The number of hydrogen-bond donors (Lipinski definition) is 1. The molecule has 10 nitrogen and oxygen atoms in total. The first-order chi connectivity index (χ1) is 15.6. The van der Waals surface area contributed by atoms with Crippen LogP contribution in [-0.2, 0) is 44.5 Å². The van der Waals surface area contributed by atoms with Crippen LogP contribution in [0, 0.1) is 0 Å². The van der Waals surface area contributed by atoms with E-state index in [0.29, 0.717) is 12.2 Å². The van der Waals surface area contributed by atoms with Gasteiger partial charge in [-0.25, -0.2) is 0 Å². The second kappa shape index (κ2) is 12.0. The van der Waals surface area contributed by atoms with Crippen molar-refractivity contribution in [2.75, 3.05) is 6.61 Å². The van der Waals surface area contributed by atoms with E-state index in [-0.39, 0.29) is 6.61 Å². The first kappa shape index (κ1) is 25.9. The van der Waals surface area contributed by atoms with Gasteiger partial charge >= 0.3 is 17.9 Å². The molecule has 33 heavy (non-hydrogen) atoms. The highest BCUT2D eigenvalue weighted by Crippen LogP contribution is 2.30. The minimum Gasteiger partial charge on any atom is -0.463 e. The van der Waals surface area contributed by atoms with Crippen molar-refractivity contribution in [3.63, 3.8) is 0 Å². The maximum Gasteiger partial charge on any atom is 0.303 e. The third-order valence-corrected chi connectivity index (χ3v) is 4.65. The quantitative estimate of drug-likeness (QED) is 0.329. The van der Waals surface area contributed by atoms with Gasteiger partial charge in [-0.1, -0.05) is 24.3 Å². The van der Waals surface area contributed by atoms with Gasteiger partial charge in [-0.2, -0.15) is 0 Å². The number of nitrogens with one attached hydrogen (secondary N) is 1. The minimum atomic E-state index is -1.18. The molecule has 1 heterocycles. The number of carbonyl (C=O) groups excluding carboxylic acids is 4. The molecule has 0 saturated carbocycles. The largest absolute Gasteiger partial charge is 0.463 e. The summed E-state index contributed by atoms with van der Waals surface area (Å²) >= 11 is 0. The van der Waals surface area contributed by atoms with Gasteiger partial charge in [0.15, 0.2) is 12.2 Å². The second-order valence-electron chi connectivity index (χ2n) is 7.44. The van der Waals surface area contributed by atoms with Gasteiger partial charge in [-0.3, -0.25) is 19.2 Å². The first-order valence-electron chi connectivity index (χ1n) is 10.4. The van der Waals surface area contributed by atoms with Crippen molar-refractivity contribution in [2.24, 2.45) is 0 Å². The highest BCUT2D eigenvalue weighted by Gasteiger charge is 2.52. The molecular formula is C23H29NO9. The van der Waals surface area contributed by atoms with Gasteiger partial charge in [0.25, 0.3) is 0 Å². The van der Waals surface area contributed by atoms with Crippen LogP contribution in [0.4, 0.5) is 0 Å². The van der Waals surface area contributed by atoms with E-state index in [4.69, 9.17) is 23.7 Å². The molecule has 1 fully saturated rings. The molecule has 2 rings (SSSR count). The van der Waals surface area contributed by atoms with Crippen molar-refractivity contribution >= 4 is 23.8 Å². The maximum absolute atomic E-state index is 12.0. The Kier molecular flexibility index (Phi) is 9.41. The van der Waals surface area contributed by atoms with Crippen LogP contribution in [0.25, 0.3) is 0 Å². The van der Waals surface area contributed by atoms with Crippen LogP contribution in [-0.4, -0.2) is 61.1 Å². The summed E-state index contributed by atoms with van der Waals surface area (Å²) in [5.74, 6) is -1.93. The monoisotopic (exact) mass is 463 g/mol. The Bertz CT molecular complexity index is 884. The molecule has 0 radical (unpaired) electrons. The lowest BCUT2D eigenvalue weighted by atomic mass is 9.96. The van der Waals surface area contributed by atoms with Crippen molar-refractivity contribution in [2.45, 2.75) is 64.8 Å². The minimum absolute atomic E-state index is 0.300. The summed E-state index contributed by atoms with van der Waals surface area (Å²) in [4.78, 5) is 47.1. The molecule has 1 N–H and O–H groups in total. The van der Waals surface area contributed by atoms with Crippen molar-refractivity contribution < 1.29 is 42.9 Å². The molecule has 1 aromatic rings. The fraction of sp³-hybridized carbons (Fsp3) is 0.478. The predicted octanol–water partition coefficient (Wildman–Crippen LogP) is 1.45. The Morgan fingerprint density at radius 1 is 1.00 bits per heavy atom. The molecule has 0 unspecified atom stereocenters. The zero-order valence-electron chi connectivity index (χ0n) is 19.1. The van der Waals surface area contributed by atoms with E-state index in [1.807, 2.05) is 12.1 Å². The third kappa shape index (κ3) is 7.60. The zero-order chi connectivity index (χ0) is 24.5. The molecule has 1 aromatic carbocycles. The fourth-order valence-electron chi connectivity index (χ4n) is 3.46. The number of esters is 3. The number of allylic oxidation sites excluding steroid dienone is 1. The van der Waals surface area contributed by atoms with E-state index in [1.54, 1.807) is 18.2 Å². The number of hydrogen-bond acceptors (Lipinski definition) is 9. The van der Waals surface area contributed by atoms with Gasteiger partial charge in [0.1, 0.15) is 24.5 Å². The van der Waals surface area contributed by atoms with Gasteiger partial charge < -0.3 is 29.0 Å². The van der Waals surface area contributed by atoms with Gasteiger partial charge in [0.05, 0.1) is 0 Å². The smallest absolute Gasteiger partial charge is 0.303 e. The number of ether oxygens (including phenoxy) is 5. The van der Waals surface area contributed by atoms with E-state index in [9.17, 15) is 19.2 Å². The summed E-state index contributed by atoms with van der Waals surface area (Å²) in [6, 6.07) is 6.11. The van der Waals surface area contributed by atoms with E-state index in [2.05, 4.69) is 11.9 Å². The van der Waals surface area contributed by atoms with Crippen LogP contribution in [0.5, 0.6) is 5.75 Å². The molecule has 1 saturated heterocycles. The van der Waals surface area contributed by atoms with Crippen LogP contribution in [0.1, 0.15) is 33.3 Å². The van der Waals surface area contributed by atoms with Crippen molar-refractivity contribution in [3.8, 4) is 5.75 Å². The van der Waals surface area contributed by atoms with Gasteiger partial charge in [-0.15, -0.1) is 6.58 Å². The number of benzene rings is 1. The third-order valence-electron chi connectivity index (χ3n) is 4.65. The summed E-state index contributed by atoms with van der Waals surface area (Å²) in [7, 11) is 0. The Labute approximate surface area is 192 Å². The molecule has 5 atom stereocenters. The molecule has 10 heteroatoms. The lowest BCUT2D eigenvalue weighted by molar-refractivity contribution is -0.257. The van der Waals surface area contributed by atoms with Crippen molar-refractivity contribution in [1.82, 2.24) is 5.32 Å². The standard InChI is InChI=1S/C23H29NO9/c1-6-9-17-10-7-8-11-18(17)32-23-20(24-13(2)25)22(31-16(5)28)21(30-15(4)27)19(33-23)12-29-14(3)26/h6-8,10-11,19-23H,1,9,12H2,2-5H3,(H,24,25)/t19-,20+,21-,22+,23+/m1/s1. The summed E-state index contributed by atoms with van der Waals surface area (Å²) < 4.78 is 28.0. The van der Waals surface area contributed by atoms with Gasteiger partial charge in [0, 0.05) is 27.7 Å². The van der Waals surface area contributed by atoms with Crippen LogP contribution in [0.15, 0.2) is 36.9 Å². The Morgan fingerprint density at radius 2 is 1.64 bits per heavy atom. The molecule has 0 aromatic heterocycles. The van der Waals surface area contributed by atoms with Crippen LogP contribution < -0.4 is 10.1 Å². The average molecular weight is 463 g/mol. The molecular weight excluding hydrogens is 434 g/mol. The van der Waals surface area contributed by atoms with E-state index in [1.165, 1.54) is 27.7 Å². The molecule has 1 aliphatic heterocycles. The van der Waals surface area contributed by atoms with E-state index < -0.39 is 54.5 Å². The van der Waals surface area contributed by atoms with Gasteiger partial charge in [-0.05, 0) is 18.1 Å². The topological polar surface area (TPSA) is 126 Å². The Morgan fingerprint density at radius 3 is 2.21 bits per heavy atom. The first-order valence-corrected chi connectivity index (χ1v) is 10.4.